The third-order valence-electron chi connectivity index (χ3n) is 4.61. The third-order valence-corrected chi connectivity index (χ3v) is 5.43. The Bertz CT molecular complexity index is 745. The SMILES string of the molecule is Cc1nc(CO[C@H]2CCOC3(C2)CN(C(=O)c2cnccn2)C3)cs1. The Labute approximate surface area is 150 Å². The number of amides is 1. The zero-order valence-electron chi connectivity index (χ0n) is 14.1. The summed E-state index contributed by atoms with van der Waals surface area (Å²) in [7, 11) is 0. The van der Waals surface area contributed by atoms with Crippen LogP contribution in [0.1, 0.15) is 34.0 Å². The summed E-state index contributed by atoms with van der Waals surface area (Å²) in [6.45, 7) is 4.35. The van der Waals surface area contributed by atoms with Gasteiger partial charge in [-0.2, -0.15) is 0 Å². The number of rotatable bonds is 4. The van der Waals surface area contributed by atoms with Crippen LogP contribution < -0.4 is 0 Å². The lowest BCUT2D eigenvalue weighted by atomic mass is 9.84. The molecule has 0 aliphatic carbocycles. The van der Waals surface area contributed by atoms with Gasteiger partial charge < -0.3 is 14.4 Å². The standard InChI is InChI=1S/C17H20N4O3S/c1-12-20-13(9-25-12)8-23-14-2-5-24-17(6-14)10-21(11-17)16(22)15-7-18-3-4-19-15/h3-4,7,9,14H,2,5-6,8,10-11H2,1H3/t14-/m0/s1. The molecule has 0 saturated carbocycles. The van der Waals surface area contributed by atoms with Gasteiger partial charge in [0.2, 0.25) is 0 Å². The Balaban J connectivity index is 1.31. The van der Waals surface area contributed by atoms with Crippen LogP contribution in [0, 0.1) is 6.92 Å². The lowest BCUT2D eigenvalue weighted by molar-refractivity contribution is -0.188. The van der Waals surface area contributed by atoms with Crippen molar-refractivity contribution in [1.29, 1.82) is 0 Å². The molecule has 2 fully saturated rings. The van der Waals surface area contributed by atoms with Crippen molar-refractivity contribution in [3.05, 3.63) is 40.4 Å². The Morgan fingerprint density at radius 1 is 1.48 bits per heavy atom. The molecule has 0 radical (unpaired) electrons. The number of nitrogens with zero attached hydrogens (tertiary/aromatic N) is 4. The molecule has 7 nitrogen and oxygen atoms in total. The van der Waals surface area contributed by atoms with E-state index in [0.29, 0.717) is 32.0 Å². The molecule has 8 heteroatoms. The average Bonchev–Trinajstić information content (AvgIpc) is 3.03. The first-order valence-corrected chi connectivity index (χ1v) is 9.23. The second-order valence-electron chi connectivity index (χ2n) is 6.57. The Kier molecular flexibility index (Phi) is 4.49. The Morgan fingerprint density at radius 2 is 2.36 bits per heavy atom. The molecule has 25 heavy (non-hydrogen) atoms. The quantitative estimate of drug-likeness (QED) is 0.828. The summed E-state index contributed by atoms with van der Waals surface area (Å²) in [6, 6.07) is 0. The van der Waals surface area contributed by atoms with Gasteiger partial charge in [0.05, 0.1) is 42.7 Å². The van der Waals surface area contributed by atoms with Crippen molar-refractivity contribution in [2.24, 2.45) is 0 Å². The number of hydrogen-bond donors (Lipinski definition) is 0. The second-order valence-corrected chi connectivity index (χ2v) is 7.63. The van der Waals surface area contributed by atoms with Crippen molar-refractivity contribution in [3.63, 3.8) is 0 Å². The van der Waals surface area contributed by atoms with E-state index >= 15 is 0 Å². The van der Waals surface area contributed by atoms with Gasteiger partial charge in [-0.25, -0.2) is 9.97 Å². The van der Waals surface area contributed by atoms with E-state index in [4.69, 9.17) is 9.47 Å². The zero-order valence-corrected chi connectivity index (χ0v) is 14.9. The van der Waals surface area contributed by atoms with Gasteiger partial charge in [0, 0.05) is 30.8 Å². The van der Waals surface area contributed by atoms with E-state index in [0.717, 1.165) is 23.5 Å². The van der Waals surface area contributed by atoms with E-state index in [1.165, 1.54) is 12.4 Å². The number of thiazole rings is 1. The van der Waals surface area contributed by atoms with E-state index in [9.17, 15) is 4.79 Å². The van der Waals surface area contributed by atoms with Crippen LogP contribution in [-0.4, -0.2) is 57.2 Å². The summed E-state index contributed by atoms with van der Waals surface area (Å²) < 4.78 is 12.0. The first-order valence-electron chi connectivity index (χ1n) is 8.35. The summed E-state index contributed by atoms with van der Waals surface area (Å²) in [5.41, 5.74) is 1.08. The van der Waals surface area contributed by atoms with Crippen LogP contribution in [0.3, 0.4) is 0 Å². The fourth-order valence-corrected chi connectivity index (χ4v) is 3.98. The molecule has 132 valence electrons. The molecule has 1 atom stereocenters. The van der Waals surface area contributed by atoms with Gasteiger partial charge in [-0.3, -0.25) is 9.78 Å². The maximum atomic E-state index is 12.4. The number of aryl methyl sites for hydroxylation is 1. The van der Waals surface area contributed by atoms with E-state index in [-0.39, 0.29) is 17.6 Å². The van der Waals surface area contributed by atoms with Crippen LogP contribution >= 0.6 is 11.3 Å². The van der Waals surface area contributed by atoms with Gasteiger partial charge in [0.15, 0.2) is 0 Å². The minimum atomic E-state index is -0.279. The van der Waals surface area contributed by atoms with Crippen molar-refractivity contribution >= 4 is 17.2 Å². The highest BCUT2D eigenvalue weighted by Gasteiger charge is 2.49. The van der Waals surface area contributed by atoms with Crippen molar-refractivity contribution in [2.45, 2.75) is 38.1 Å². The van der Waals surface area contributed by atoms with Crippen LogP contribution in [0.4, 0.5) is 0 Å². The molecule has 2 saturated heterocycles. The van der Waals surface area contributed by atoms with Crippen molar-refractivity contribution in [2.75, 3.05) is 19.7 Å². The highest BCUT2D eigenvalue weighted by Crippen LogP contribution is 2.36. The molecule has 0 N–H and O–H groups in total. The minimum Gasteiger partial charge on any atom is -0.372 e. The number of likely N-dealkylation sites (tertiary alicyclic amines) is 1. The molecule has 2 aromatic rings. The highest BCUT2D eigenvalue weighted by atomic mass is 32.1. The lowest BCUT2D eigenvalue weighted by Gasteiger charge is -2.52. The van der Waals surface area contributed by atoms with E-state index in [2.05, 4.69) is 15.0 Å². The predicted octanol–water partition coefficient (Wildman–Crippen LogP) is 1.83. The van der Waals surface area contributed by atoms with Crippen molar-refractivity contribution in [3.8, 4) is 0 Å². The Morgan fingerprint density at radius 3 is 3.08 bits per heavy atom. The fraction of sp³-hybridized carbons (Fsp3) is 0.529. The molecule has 0 aromatic carbocycles. The van der Waals surface area contributed by atoms with Gasteiger partial charge in [-0.1, -0.05) is 0 Å². The molecule has 1 spiro atoms. The van der Waals surface area contributed by atoms with Gasteiger partial charge in [-0.05, 0) is 13.3 Å². The molecule has 4 rings (SSSR count). The predicted molar refractivity (Wildman–Crippen MR) is 91.3 cm³/mol. The summed E-state index contributed by atoms with van der Waals surface area (Å²) in [4.78, 5) is 26.6. The topological polar surface area (TPSA) is 77.4 Å². The number of aromatic nitrogens is 3. The van der Waals surface area contributed by atoms with E-state index in [1.807, 2.05) is 12.3 Å². The molecule has 2 aliphatic rings. The monoisotopic (exact) mass is 360 g/mol. The molecule has 0 bridgehead atoms. The van der Waals surface area contributed by atoms with E-state index in [1.54, 1.807) is 22.4 Å². The molecule has 2 aromatic heterocycles. The first-order chi connectivity index (χ1) is 12.1. The van der Waals surface area contributed by atoms with Gasteiger partial charge in [0.1, 0.15) is 11.3 Å². The number of carbonyl (C=O) groups excluding carboxylic acids is 1. The summed E-state index contributed by atoms with van der Waals surface area (Å²) in [6.07, 6.45) is 6.42. The second kappa shape index (κ2) is 6.78. The molecule has 2 aliphatic heterocycles. The van der Waals surface area contributed by atoms with Crippen LogP contribution in [0.5, 0.6) is 0 Å². The van der Waals surface area contributed by atoms with Crippen molar-refractivity contribution < 1.29 is 14.3 Å². The summed E-state index contributed by atoms with van der Waals surface area (Å²) in [5, 5.41) is 3.09. The smallest absolute Gasteiger partial charge is 0.274 e. The average molecular weight is 360 g/mol. The fourth-order valence-electron chi connectivity index (χ4n) is 3.39. The van der Waals surface area contributed by atoms with Crippen molar-refractivity contribution in [1.82, 2.24) is 19.9 Å². The van der Waals surface area contributed by atoms with Crippen LogP contribution in [0.15, 0.2) is 24.0 Å². The van der Waals surface area contributed by atoms with Gasteiger partial charge >= 0.3 is 0 Å². The summed E-state index contributed by atoms with van der Waals surface area (Å²) in [5.74, 6) is -0.0942. The van der Waals surface area contributed by atoms with Gasteiger partial charge in [-0.15, -0.1) is 11.3 Å². The normalized spacial score (nSPS) is 22.0. The summed E-state index contributed by atoms with van der Waals surface area (Å²) >= 11 is 1.64. The minimum absolute atomic E-state index is 0.0942. The molecule has 4 heterocycles. The van der Waals surface area contributed by atoms with Crippen LogP contribution in [-0.2, 0) is 16.1 Å². The largest absolute Gasteiger partial charge is 0.372 e. The number of ether oxygens (including phenoxy) is 2. The zero-order chi connectivity index (χ0) is 17.3. The number of hydrogen-bond acceptors (Lipinski definition) is 7. The molecule has 1 amide bonds. The molecule has 0 unspecified atom stereocenters. The maximum Gasteiger partial charge on any atom is 0.274 e. The third kappa shape index (κ3) is 3.56. The van der Waals surface area contributed by atoms with Gasteiger partial charge in [0.25, 0.3) is 5.91 Å². The van der Waals surface area contributed by atoms with Crippen LogP contribution in [0.2, 0.25) is 0 Å². The maximum absolute atomic E-state index is 12.4. The molecular formula is C17H20N4O3S. The number of carbonyl (C=O) groups is 1. The Hall–Kier alpha value is -1.90. The van der Waals surface area contributed by atoms with E-state index < -0.39 is 0 Å². The molecular weight excluding hydrogens is 340 g/mol. The van der Waals surface area contributed by atoms with Crippen LogP contribution in [0.25, 0.3) is 0 Å². The first kappa shape index (κ1) is 16.6. The highest BCUT2D eigenvalue weighted by molar-refractivity contribution is 7.09. The lowest BCUT2D eigenvalue weighted by Crippen LogP contribution is -2.67.